The van der Waals surface area contributed by atoms with E-state index >= 15 is 0 Å². The Morgan fingerprint density at radius 2 is 1.70 bits per heavy atom. The maximum absolute atomic E-state index is 5.26. The smallest absolute Gasteiger partial charge is 0.0744 e. The molecule has 4 heterocycles. The van der Waals surface area contributed by atoms with Crippen LogP contribution in [-0.4, -0.2) is 58.3 Å². The number of aromatic amines is 2. The Bertz CT molecular complexity index is 1500. The number of aryl methyl sites for hydroxylation is 1. The van der Waals surface area contributed by atoms with Crippen molar-refractivity contribution < 1.29 is 0 Å². The number of hydrogen-bond donors (Lipinski definition) is 2. The van der Waals surface area contributed by atoms with Gasteiger partial charge in [0, 0.05) is 59.6 Å². The maximum Gasteiger partial charge on any atom is 0.0744 e. The number of nitrogens with zero attached hydrogens (tertiary/aromatic N) is 4. The van der Waals surface area contributed by atoms with E-state index in [0.717, 1.165) is 55.7 Å². The van der Waals surface area contributed by atoms with Gasteiger partial charge in [0.2, 0.25) is 0 Å². The molecule has 6 nitrogen and oxygen atoms in total. The van der Waals surface area contributed by atoms with Crippen molar-refractivity contribution in [1.82, 2.24) is 25.1 Å². The topological polar surface area (TPSA) is 63.8 Å². The summed E-state index contributed by atoms with van der Waals surface area (Å²) in [4.78, 5) is 13.7. The molecule has 2 aromatic carbocycles. The van der Waals surface area contributed by atoms with E-state index in [1.54, 1.807) is 0 Å². The summed E-state index contributed by atoms with van der Waals surface area (Å²) in [6, 6.07) is 11.1. The summed E-state index contributed by atoms with van der Waals surface area (Å²) < 4.78 is 0. The zero-order valence-corrected chi connectivity index (χ0v) is 19.0. The van der Waals surface area contributed by atoms with E-state index in [4.69, 9.17) is 4.98 Å². The second-order valence-corrected chi connectivity index (χ2v) is 9.64. The van der Waals surface area contributed by atoms with Gasteiger partial charge in [-0.2, -0.15) is 5.10 Å². The van der Waals surface area contributed by atoms with Gasteiger partial charge < -0.3 is 14.8 Å². The first-order valence-electron chi connectivity index (χ1n) is 12.1. The van der Waals surface area contributed by atoms with Crippen molar-refractivity contribution in [2.45, 2.75) is 25.7 Å². The van der Waals surface area contributed by atoms with Crippen molar-refractivity contribution in [3.8, 4) is 11.3 Å². The van der Waals surface area contributed by atoms with Crippen LogP contribution in [-0.2, 0) is 12.8 Å². The Balaban J connectivity index is 1.42. The first-order valence-corrected chi connectivity index (χ1v) is 12.1. The van der Waals surface area contributed by atoms with E-state index in [-0.39, 0.29) is 0 Å². The van der Waals surface area contributed by atoms with Crippen molar-refractivity contribution >= 4 is 38.4 Å². The van der Waals surface area contributed by atoms with Crippen molar-refractivity contribution in [2.24, 2.45) is 0 Å². The molecule has 5 aromatic rings. The number of anilines is 1. The number of rotatable bonds is 2. The number of benzene rings is 2. The minimum atomic E-state index is 1.07. The number of pyridine rings is 1. The molecule has 7 rings (SSSR count). The third-order valence-corrected chi connectivity index (χ3v) is 7.67. The molecule has 0 spiro atoms. The van der Waals surface area contributed by atoms with Crippen LogP contribution in [0.25, 0.3) is 44.0 Å². The molecule has 2 N–H and O–H groups in total. The third-order valence-electron chi connectivity index (χ3n) is 7.67. The molecule has 3 aromatic heterocycles. The molecule has 1 aliphatic carbocycles. The predicted octanol–water partition coefficient (Wildman–Crippen LogP) is 4.89. The molecule has 1 saturated heterocycles. The van der Waals surface area contributed by atoms with Gasteiger partial charge in [-0.3, -0.25) is 5.10 Å². The molecule has 33 heavy (non-hydrogen) atoms. The molecule has 166 valence electrons. The van der Waals surface area contributed by atoms with Gasteiger partial charge in [0.25, 0.3) is 0 Å². The van der Waals surface area contributed by atoms with Crippen LogP contribution in [0.3, 0.4) is 0 Å². The van der Waals surface area contributed by atoms with Gasteiger partial charge in [-0.1, -0.05) is 6.07 Å². The Labute approximate surface area is 192 Å². The second kappa shape index (κ2) is 7.32. The molecule has 2 aliphatic rings. The Morgan fingerprint density at radius 1 is 0.879 bits per heavy atom. The van der Waals surface area contributed by atoms with Crippen LogP contribution < -0.4 is 4.90 Å². The highest BCUT2D eigenvalue weighted by molar-refractivity contribution is 6.08. The molecular formula is C27H28N6. The lowest BCUT2D eigenvalue weighted by Crippen LogP contribution is -2.44. The summed E-state index contributed by atoms with van der Waals surface area (Å²) in [5.74, 6) is 0. The molecule has 0 unspecified atom stereocenters. The number of fused-ring (bicyclic) bond motifs is 6. The summed E-state index contributed by atoms with van der Waals surface area (Å²) in [7, 11) is 2.20. The Kier molecular flexibility index (Phi) is 4.24. The first kappa shape index (κ1) is 19.1. The van der Waals surface area contributed by atoms with E-state index in [0.29, 0.717) is 0 Å². The molecule has 6 heteroatoms. The minimum absolute atomic E-state index is 1.07. The largest absolute Gasteiger partial charge is 0.367 e. The van der Waals surface area contributed by atoms with Crippen LogP contribution in [0, 0.1) is 0 Å². The molecule has 0 bridgehead atoms. The van der Waals surface area contributed by atoms with E-state index in [9.17, 15) is 0 Å². The maximum atomic E-state index is 5.26. The van der Waals surface area contributed by atoms with Crippen LogP contribution in [0.1, 0.15) is 24.0 Å². The van der Waals surface area contributed by atoms with Crippen LogP contribution >= 0.6 is 0 Å². The Morgan fingerprint density at radius 3 is 2.58 bits per heavy atom. The number of hydrogen-bond acceptors (Lipinski definition) is 4. The molecular weight excluding hydrogens is 408 g/mol. The SMILES string of the molecule is CN1CCN(c2c[nH]c3ccc(-c4nc5ccc6[nH]ncc6c5c5c4CCCC5)cc23)CC1. The Hall–Kier alpha value is -3.38. The summed E-state index contributed by atoms with van der Waals surface area (Å²) in [6.45, 7) is 4.35. The zero-order valence-electron chi connectivity index (χ0n) is 19.0. The van der Waals surface area contributed by atoms with Crippen molar-refractivity contribution in [3.05, 3.63) is 53.9 Å². The van der Waals surface area contributed by atoms with Gasteiger partial charge >= 0.3 is 0 Å². The van der Waals surface area contributed by atoms with Gasteiger partial charge in [-0.05, 0) is 68.1 Å². The lowest BCUT2D eigenvalue weighted by molar-refractivity contribution is 0.313. The van der Waals surface area contributed by atoms with Gasteiger partial charge in [-0.25, -0.2) is 4.98 Å². The number of aromatic nitrogens is 4. The van der Waals surface area contributed by atoms with Crippen LogP contribution in [0.4, 0.5) is 5.69 Å². The number of piperazine rings is 1. The van der Waals surface area contributed by atoms with Crippen LogP contribution in [0.2, 0.25) is 0 Å². The fourth-order valence-electron chi connectivity index (χ4n) is 5.85. The fourth-order valence-corrected chi connectivity index (χ4v) is 5.85. The third kappa shape index (κ3) is 2.97. The second-order valence-electron chi connectivity index (χ2n) is 9.64. The van der Waals surface area contributed by atoms with Gasteiger partial charge in [0.15, 0.2) is 0 Å². The number of likely N-dealkylation sites (N-methyl/N-ethyl adjacent to an activating group) is 1. The predicted molar refractivity (Wildman–Crippen MR) is 135 cm³/mol. The monoisotopic (exact) mass is 436 g/mol. The highest BCUT2D eigenvalue weighted by Gasteiger charge is 2.22. The summed E-state index contributed by atoms with van der Waals surface area (Å²) >= 11 is 0. The summed E-state index contributed by atoms with van der Waals surface area (Å²) in [5.41, 5.74) is 9.97. The van der Waals surface area contributed by atoms with Crippen molar-refractivity contribution in [1.29, 1.82) is 0 Å². The van der Waals surface area contributed by atoms with Gasteiger partial charge in [0.05, 0.1) is 28.6 Å². The van der Waals surface area contributed by atoms with E-state index in [1.807, 2.05) is 6.20 Å². The average molecular weight is 437 g/mol. The van der Waals surface area contributed by atoms with Crippen LogP contribution in [0.15, 0.2) is 42.7 Å². The standard InChI is InChI=1S/C27H28N6/c1-32-10-12-33(13-11-32)25-16-28-22-7-6-17(14-20(22)25)27-19-5-3-2-4-18(19)26-21-15-29-31-23(21)8-9-24(26)30-27/h6-9,14-16,28H,2-5,10-13H2,1H3,(H,29,31). The van der Waals surface area contributed by atoms with Crippen LogP contribution in [0.5, 0.6) is 0 Å². The zero-order chi connectivity index (χ0) is 21.9. The first-order chi connectivity index (χ1) is 16.3. The quantitative estimate of drug-likeness (QED) is 0.414. The lowest BCUT2D eigenvalue weighted by atomic mass is 9.85. The molecule has 0 amide bonds. The summed E-state index contributed by atoms with van der Waals surface area (Å²) in [5, 5.41) is 11.2. The number of H-pyrrole nitrogens is 2. The van der Waals surface area contributed by atoms with Crippen molar-refractivity contribution in [2.75, 3.05) is 38.1 Å². The molecule has 0 atom stereocenters. The van der Waals surface area contributed by atoms with Crippen molar-refractivity contribution in [3.63, 3.8) is 0 Å². The molecule has 0 saturated carbocycles. The molecule has 1 aliphatic heterocycles. The van der Waals surface area contributed by atoms with E-state index in [2.05, 4.69) is 68.6 Å². The van der Waals surface area contributed by atoms with Gasteiger partial charge in [0.1, 0.15) is 0 Å². The lowest BCUT2D eigenvalue weighted by Gasteiger charge is -2.33. The van der Waals surface area contributed by atoms with E-state index < -0.39 is 0 Å². The molecule has 1 fully saturated rings. The highest BCUT2D eigenvalue weighted by Crippen LogP contribution is 2.39. The summed E-state index contributed by atoms with van der Waals surface area (Å²) in [6.07, 6.45) is 8.82. The van der Waals surface area contributed by atoms with Gasteiger partial charge in [-0.15, -0.1) is 0 Å². The fraction of sp³-hybridized carbons (Fsp3) is 0.333. The van der Waals surface area contributed by atoms with E-state index in [1.165, 1.54) is 56.9 Å². The average Bonchev–Trinajstić information content (AvgIpc) is 3.50. The minimum Gasteiger partial charge on any atom is -0.367 e. The number of nitrogens with one attached hydrogen (secondary N) is 2. The molecule has 0 radical (unpaired) electrons. The highest BCUT2D eigenvalue weighted by atomic mass is 15.3. The normalized spacial score (nSPS) is 17.3.